The molecule has 3 heterocycles. The molecule has 0 bridgehead atoms. The van der Waals surface area contributed by atoms with Crippen LogP contribution in [-0.2, 0) is 0 Å². The molecule has 3 aromatic heterocycles. The SMILES string of the molecule is c1ccc(-c2ccc3c(c2)sc2ccc(-c4ccc5c(c4)oc4cc(-c6nc(-c7ccccc7)nc(-c7ccccc7)n6)ccc45)cc23)cc1. The number of aromatic nitrogens is 3. The van der Waals surface area contributed by atoms with Crippen molar-refractivity contribution >= 4 is 53.4 Å². The van der Waals surface area contributed by atoms with Gasteiger partial charge in [0.1, 0.15) is 11.2 Å². The highest BCUT2D eigenvalue weighted by atomic mass is 32.1. The molecule has 0 aliphatic carbocycles. The van der Waals surface area contributed by atoms with Crippen molar-refractivity contribution in [1.29, 1.82) is 0 Å². The third-order valence-corrected chi connectivity index (χ3v) is 10.5. The van der Waals surface area contributed by atoms with Gasteiger partial charge in [-0.25, -0.2) is 15.0 Å². The summed E-state index contributed by atoms with van der Waals surface area (Å²) in [5.41, 5.74) is 9.17. The van der Waals surface area contributed by atoms with Crippen LogP contribution in [0.3, 0.4) is 0 Å². The topological polar surface area (TPSA) is 51.8 Å². The molecule has 50 heavy (non-hydrogen) atoms. The summed E-state index contributed by atoms with van der Waals surface area (Å²) in [5.74, 6) is 1.87. The van der Waals surface area contributed by atoms with Gasteiger partial charge < -0.3 is 4.42 Å². The Bertz CT molecular complexity index is 2800. The Morgan fingerprint density at radius 3 is 1.40 bits per heavy atom. The second-order valence-electron chi connectivity index (χ2n) is 12.5. The van der Waals surface area contributed by atoms with E-state index >= 15 is 0 Å². The predicted molar refractivity (Wildman–Crippen MR) is 207 cm³/mol. The quantitative estimate of drug-likeness (QED) is 0.185. The van der Waals surface area contributed by atoms with Gasteiger partial charge in [-0.1, -0.05) is 121 Å². The number of rotatable bonds is 5. The van der Waals surface area contributed by atoms with Crippen molar-refractivity contribution in [2.24, 2.45) is 0 Å². The van der Waals surface area contributed by atoms with Gasteiger partial charge in [-0.05, 0) is 64.7 Å². The number of nitrogens with zero attached hydrogens (tertiary/aromatic N) is 3. The fraction of sp³-hybridized carbons (Fsp3) is 0. The smallest absolute Gasteiger partial charge is 0.164 e. The van der Waals surface area contributed by atoms with E-state index in [9.17, 15) is 0 Å². The molecular weight excluding hydrogens is 631 g/mol. The molecule has 0 atom stereocenters. The summed E-state index contributed by atoms with van der Waals surface area (Å²) < 4.78 is 9.12. The van der Waals surface area contributed by atoms with E-state index in [1.165, 1.54) is 36.9 Å². The van der Waals surface area contributed by atoms with Crippen molar-refractivity contribution in [2.45, 2.75) is 0 Å². The lowest BCUT2D eigenvalue weighted by Gasteiger charge is -2.08. The molecule has 10 rings (SSSR count). The zero-order chi connectivity index (χ0) is 33.0. The third-order valence-electron chi connectivity index (χ3n) is 9.34. The van der Waals surface area contributed by atoms with Crippen LogP contribution >= 0.6 is 11.3 Å². The zero-order valence-electron chi connectivity index (χ0n) is 26.7. The average Bonchev–Trinajstić information content (AvgIpc) is 3.75. The van der Waals surface area contributed by atoms with E-state index in [-0.39, 0.29) is 0 Å². The maximum absolute atomic E-state index is 6.54. The number of hydrogen-bond acceptors (Lipinski definition) is 5. The van der Waals surface area contributed by atoms with Gasteiger partial charge in [0.05, 0.1) is 0 Å². The Labute approximate surface area is 292 Å². The molecule has 0 amide bonds. The lowest BCUT2D eigenvalue weighted by atomic mass is 10.00. The number of benzene rings is 7. The minimum Gasteiger partial charge on any atom is -0.456 e. The van der Waals surface area contributed by atoms with Crippen molar-refractivity contribution < 1.29 is 4.42 Å². The Morgan fingerprint density at radius 2 is 0.780 bits per heavy atom. The van der Waals surface area contributed by atoms with Gasteiger partial charge in [-0.15, -0.1) is 11.3 Å². The first-order chi connectivity index (χ1) is 24.7. The normalized spacial score (nSPS) is 11.6. The molecule has 0 aliphatic heterocycles. The molecular formula is C45H27N3OS. The van der Waals surface area contributed by atoms with E-state index < -0.39 is 0 Å². The number of hydrogen-bond donors (Lipinski definition) is 0. The Kier molecular flexibility index (Phi) is 6.64. The van der Waals surface area contributed by atoms with Crippen LogP contribution in [-0.4, -0.2) is 15.0 Å². The Morgan fingerprint density at radius 1 is 0.320 bits per heavy atom. The van der Waals surface area contributed by atoms with Crippen LogP contribution < -0.4 is 0 Å². The van der Waals surface area contributed by atoms with Gasteiger partial charge in [0, 0.05) is 47.6 Å². The molecule has 0 saturated carbocycles. The highest BCUT2D eigenvalue weighted by Crippen LogP contribution is 2.40. The van der Waals surface area contributed by atoms with Crippen LogP contribution in [0.5, 0.6) is 0 Å². The van der Waals surface area contributed by atoms with Crippen LogP contribution in [0.2, 0.25) is 0 Å². The Hall–Kier alpha value is -6.43. The fourth-order valence-electron chi connectivity index (χ4n) is 6.80. The second kappa shape index (κ2) is 11.6. The first-order valence-corrected chi connectivity index (χ1v) is 17.4. The highest BCUT2D eigenvalue weighted by Gasteiger charge is 2.16. The predicted octanol–water partition coefficient (Wildman–Crippen LogP) is 12.5. The van der Waals surface area contributed by atoms with Gasteiger partial charge in [0.2, 0.25) is 0 Å². The lowest BCUT2D eigenvalue weighted by Crippen LogP contribution is -2.00. The van der Waals surface area contributed by atoms with E-state index in [2.05, 4.69) is 97.1 Å². The fourth-order valence-corrected chi connectivity index (χ4v) is 7.93. The van der Waals surface area contributed by atoms with Crippen LogP contribution in [0, 0.1) is 0 Å². The van der Waals surface area contributed by atoms with Crippen LogP contribution in [0.15, 0.2) is 168 Å². The van der Waals surface area contributed by atoms with Gasteiger partial charge in [0.15, 0.2) is 17.5 Å². The molecule has 0 unspecified atom stereocenters. The van der Waals surface area contributed by atoms with Crippen LogP contribution in [0.1, 0.15) is 0 Å². The van der Waals surface area contributed by atoms with Gasteiger partial charge in [-0.3, -0.25) is 0 Å². The maximum atomic E-state index is 6.54. The molecule has 0 aliphatic rings. The summed E-state index contributed by atoms with van der Waals surface area (Å²) in [4.78, 5) is 14.7. The molecule has 0 spiro atoms. The highest BCUT2D eigenvalue weighted by molar-refractivity contribution is 7.25. The standard InChI is InChI=1S/C45H27N3OS/c1-4-10-28(11-5-1)33-17-22-37-38-24-31(19-23-41(38)50-42(37)27-33)32-16-20-35-36-21-18-34(26-40(36)49-39(35)25-32)45-47-43(29-12-6-2-7-13-29)46-44(48-45)30-14-8-3-9-15-30/h1-27H. The number of fused-ring (bicyclic) bond motifs is 6. The summed E-state index contributed by atoms with van der Waals surface area (Å²) in [5, 5.41) is 4.70. The monoisotopic (exact) mass is 657 g/mol. The molecule has 0 N–H and O–H groups in total. The number of furan rings is 1. The molecule has 0 saturated heterocycles. The number of thiophene rings is 1. The molecule has 4 nitrogen and oxygen atoms in total. The summed E-state index contributed by atoms with van der Waals surface area (Å²) in [6, 6.07) is 57.0. The van der Waals surface area contributed by atoms with E-state index in [0.717, 1.165) is 44.2 Å². The second-order valence-corrected chi connectivity index (χ2v) is 13.5. The van der Waals surface area contributed by atoms with Crippen molar-refractivity contribution in [2.75, 3.05) is 0 Å². The minimum atomic E-state index is 0.605. The first kappa shape index (κ1) is 28.6. The summed E-state index contributed by atoms with van der Waals surface area (Å²) in [6.07, 6.45) is 0. The van der Waals surface area contributed by atoms with Crippen molar-refractivity contribution in [1.82, 2.24) is 15.0 Å². The molecule has 0 fully saturated rings. The average molecular weight is 658 g/mol. The first-order valence-electron chi connectivity index (χ1n) is 16.6. The van der Waals surface area contributed by atoms with Crippen molar-refractivity contribution in [3.63, 3.8) is 0 Å². The van der Waals surface area contributed by atoms with Crippen molar-refractivity contribution in [3.05, 3.63) is 164 Å². The third kappa shape index (κ3) is 4.95. The van der Waals surface area contributed by atoms with E-state index in [1.54, 1.807) is 0 Å². The minimum absolute atomic E-state index is 0.605. The Balaban J connectivity index is 1.04. The summed E-state index contributed by atoms with van der Waals surface area (Å²) in [7, 11) is 0. The molecule has 5 heteroatoms. The largest absolute Gasteiger partial charge is 0.456 e. The van der Waals surface area contributed by atoms with Crippen molar-refractivity contribution in [3.8, 4) is 56.4 Å². The molecule has 234 valence electrons. The molecule has 10 aromatic rings. The summed E-state index contributed by atoms with van der Waals surface area (Å²) >= 11 is 1.85. The molecule has 0 radical (unpaired) electrons. The van der Waals surface area contributed by atoms with Crippen LogP contribution in [0.4, 0.5) is 0 Å². The van der Waals surface area contributed by atoms with Gasteiger partial charge in [0.25, 0.3) is 0 Å². The van der Waals surface area contributed by atoms with Gasteiger partial charge >= 0.3 is 0 Å². The van der Waals surface area contributed by atoms with Gasteiger partial charge in [-0.2, -0.15) is 0 Å². The zero-order valence-corrected chi connectivity index (χ0v) is 27.6. The molecule has 7 aromatic carbocycles. The van der Waals surface area contributed by atoms with E-state index in [0.29, 0.717) is 17.5 Å². The summed E-state index contributed by atoms with van der Waals surface area (Å²) in [6.45, 7) is 0. The van der Waals surface area contributed by atoms with E-state index in [4.69, 9.17) is 19.4 Å². The van der Waals surface area contributed by atoms with Crippen LogP contribution in [0.25, 0.3) is 98.5 Å². The van der Waals surface area contributed by atoms with E-state index in [1.807, 2.05) is 78.1 Å². The maximum Gasteiger partial charge on any atom is 0.164 e. The lowest BCUT2D eigenvalue weighted by molar-refractivity contribution is 0.669.